The molecule has 46 heavy (non-hydrogen) atoms. The van der Waals surface area contributed by atoms with E-state index in [0.717, 1.165) is 40.6 Å². The summed E-state index contributed by atoms with van der Waals surface area (Å²) in [6.07, 6.45) is 1.54. The van der Waals surface area contributed by atoms with Crippen LogP contribution in [-0.2, 0) is 25.0 Å². The molecule has 1 aliphatic heterocycles. The van der Waals surface area contributed by atoms with Crippen molar-refractivity contribution >= 4 is 17.1 Å². The number of pyridine rings is 1. The van der Waals surface area contributed by atoms with Gasteiger partial charge in [-0.15, -0.1) is 0 Å². The van der Waals surface area contributed by atoms with Gasteiger partial charge in [-0.3, -0.25) is 9.13 Å². The molecule has 3 aromatic carbocycles. The first kappa shape index (κ1) is 31.0. The Labute approximate surface area is 269 Å². The molecule has 3 heterocycles. The highest BCUT2D eigenvalue weighted by Gasteiger charge is 2.29. The van der Waals surface area contributed by atoms with Crippen LogP contribution in [0.3, 0.4) is 0 Å². The molecule has 0 radical (unpaired) electrons. The number of hydrogen-bond donors (Lipinski definition) is 0. The maximum absolute atomic E-state index is 13.8. The van der Waals surface area contributed by atoms with Gasteiger partial charge in [-0.2, -0.15) is 4.98 Å². The number of aryl methyl sites for hydroxylation is 1. The quantitative estimate of drug-likeness (QED) is 0.186. The van der Waals surface area contributed by atoms with Crippen molar-refractivity contribution in [3.05, 3.63) is 118 Å². The molecule has 0 spiro atoms. The molecule has 1 unspecified atom stereocenters. The maximum Gasteiger partial charge on any atom is 0.410 e. The van der Waals surface area contributed by atoms with Crippen LogP contribution in [0.2, 0.25) is 0 Å². The standard InChI is InChI=1S/C37H40N4O5/c1-37(2,3)46-36(43)40-21-11-16-29(23-40)28-17-18-30-32(22-28)39(4)35(42)41(30)31-19-20-33(44-24-26-12-7-5-8-13-26)38-34(31)45-25-27-14-9-6-10-15-27/h5-10,12-15,17-20,22,29H,11,16,21,23-25H2,1-4H3. The maximum atomic E-state index is 13.8. The van der Waals surface area contributed by atoms with E-state index in [1.807, 2.05) is 93.6 Å². The summed E-state index contributed by atoms with van der Waals surface area (Å²) < 4.78 is 21.2. The third-order valence-electron chi connectivity index (χ3n) is 8.13. The second-order valence-electron chi connectivity index (χ2n) is 12.7. The van der Waals surface area contributed by atoms with Gasteiger partial charge in [0.2, 0.25) is 11.8 Å². The highest BCUT2D eigenvalue weighted by atomic mass is 16.6. The summed E-state index contributed by atoms with van der Waals surface area (Å²) in [4.78, 5) is 33.1. The molecule has 9 heteroatoms. The lowest BCUT2D eigenvalue weighted by molar-refractivity contribution is 0.0198. The summed E-state index contributed by atoms with van der Waals surface area (Å²) >= 11 is 0. The lowest BCUT2D eigenvalue weighted by atomic mass is 9.90. The first-order valence-corrected chi connectivity index (χ1v) is 15.7. The van der Waals surface area contributed by atoms with Crippen LogP contribution in [0.1, 0.15) is 56.2 Å². The molecule has 2 aromatic heterocycles. The summed E-state index contributed by atoms with van der Waals surface area (Å²) in [6.45, 7) is 7.52. The summed E-state index contributed by atoms with van der Waals surface area (Å²) in [5, 5.41) is 0. The zero-order valence-corrected chi connectivity index (χ0v) is 26.8. The number of imidazole rings is 1. The van der Waals surface area contributed by atoms with Crippen LogP contribution in [0.4, 0.5) is 4.79 Å². The van der Waals surface area contributed by atoms with E-state index in [1.54, 1.807) is 27.1 Å². The van der Waals surface area contributed by atoms with E-state index in [1.165, 1.54) is 0 Å². The number of fused-ring (bicyclic) bond motifs is 1. The molecular weight excluding hydrogens is 580 g/mol. The molecule has 1 aliphatic rings. The average Bonchev–Trinajstić information content (AvgIpc) is 3.31. The van der Waals surface area contributed by atoms with E-state index in [2.05, 4.69) is 12.1 Å². The van der Waals surface area contributed by atoms with Gasteiger partial charge in [0, 0.05) is 32.1 Å². The fourth-order valence-electron chi connectivity index (χ4n) is 5.81. The number of amides is 1. The average molecular weight is 621 g/mol. The molecule has 1 atom stereocenters. The Morgan fingerprint density at radius 3 is 2.22 bits per heavy atom. The predicted octanol–water partition coefficient (Wildman–Crippen LogP) is 7.00. The van der Waals surface area contributed by atoms with Crippen LogP contribution in [-0.4, -0.2) is 43.8 Å². The SMILES string of the molecule is Cn1c(=O)n(-c2ccc(OCc3ccccc3)nc2OCc2ccccc2)c2ccc(C3CCCN(C(=O)OC(C)(C)C)C3)cc21. The number of likely N-dealkylation sites (tertiary alicyclic amines) is 1. The third-order valence-corrected chi connectivity index (χ3v) is 8.13. The second-order valence-corrected chi connectivity index (χ2v) is 12.7. The monoisotopic (exact) mass is 620 g/mol. The minimum absolute atomic E-state index is 0.136. The van der Waals surface area contributed by atoms with Crippen LogP contribution in [0, 0.1) is 0 Å². The Balaban J connectivity index is 1.32. The van der Waals surface area contributed by atoms with Gasteiger partial charge in [-0.05, 0) is 68.5 Å². The number of carbonyl (C=O) groups excluding carboxylic acids is 1. The number of carbonyl (C=O) groups is 1. The summed E-state index contributed by atoms with van der Waals surface area (Å²) in [5.74, 6) is 0.836. The number of rotatable bonds is 8. The number of ether oxygens (including phenoxy) is 3. The second kappa shape index (κ2) is 13.1. The molecule has 0 saturated carbocycles. The molecular formula is C37H40N4O5. The zero-order valence-electron chi connectivity index (χ0n) is 26.8. The van der Waals surface area contributed by atoms with Crippen molar-refractivity contribution in [3.8, 4) is 17.4 Å². The Bertz CT molecular complexity index is 1880. The largest absolute Gasteiger partial charge is 0.473 e. The van der Waals surface area contributed by atoms with Gasteiger partial charge in [0.15, 0.2) is 0 Å². The van der Waals surface area contributed by atoms with Crippen molar-refractivity contribution in [1.82, 2.24) is 19.0 Å². The van der Waals surface area contributed by atoms with Crippen LogP contribution < -0.4 is 15.2 Å². The number of hydrogen-bond acceptors (Lipinski definition) is 6. The third kappa shape index (κ3) is 6.93. The van der Waals surface area contributed by atoms with Gasteiger partial charge >= 0.3 is 11.8 Å². The number of aromatic nitrogens is 3. The molecule has 0 aliphatic carbocycles. The molecule has 0 bridgehead atoms. The smallest absolute Gasteiger partial charge is 0.410 e. The summed E-state index contributed by atoms with van der Waals surface area (Å²) in [6, 6.07) is 29.4. The van der Waals surface area contributed by atoms with E-state index in [-0.39, 0.29) is 24.3 Å². The lowest BCUT2D eigenvalue weighted by Gasteiger charge is -2.34. The number of benzene rings is 3. The van der Waals surface area contributed by atoms with Crippen molar-refractivity contribution in [2.24, 2.45) is 7.05 Å². The molecule has 9 nitrogen and oxygen atoms in total. The minimum atomic E-state index is -0.547. The van der Waals surface area contributed by atoms with Crippen molar-refractivity contribution in [2.75, 3.05) is 13.1 Å². The normalized spacial score (nSPS) is 15.1. The van der Waals surface area contributed by atoms with Gasteiger partial charge in [-0.25, -0.2) is 9.59 Å². The topological polar surface area (TPSA) is 87.8 Å². The van der Waals surface area contributed by atoms with Crippen molar-refractivity contribution in [2.45, 2.75) is 58.3 Å². The Morgan fingerprint density at radius 2 is 1.54 bits per heavy atom. The van der Waals surface area contributed by atoms with Crippen LogP contribution in [0.5, 0.6) is 11.8 Å². The first-order chi connectivity index (χ1) is 22.2. The van der Waals surface area contributed by atoms with Crippen molar-refractivity contribution in [1.29, 1.82) is 0 Å². The van der Waals surface area contributed by atoms with Crippen LogP contribution in [0.15, 0.2) is 95.8 Å². The van der Waals surface area contributed by atoms with Crippen molar-refractivity contribution in [3.63, 3.8) is 0 Å². The minimum Gasteiger partial charge on any atom is -0.473 e. The highest BCUT2D eigenvalue weighted by Crippen LogP contribution is 2.32. The predicted molar refractivity (Wildman–Crippen MR) is 178 cm³/mol. The molecule has 0 N–H and O–H groups in total. The number of nitrogens with zero attached hydrogens (tertiary/aromatic N) is 4. The Morgan fingerprint density at radius 1 is 0.870 bits per heavy atom. The van der Waals surface area contributed by atoms with E-state index >= 15 is 0 Å². The van der Waals surface area contributed by atoms with Gasteiger partial charge in [0.05, 0.1) is 11.0 Å². The Hall–Kier alpha value is -5.05. The van der Waals surface area contributed by atoms with Crippen LogP contribution >= 0.6 is 0 Å². The van der Waals surface area contributed by atoms with E-state index in [9.17, 15) is 9.59 Å². The van der Waals surface area contributed by atoms with E-state index in [4.69, 9.17) is 19.2 Å². The van der Waals surface area contributed by atoms with Gasteiger partial charge in [0.1, 0.15) is 24.5 Å². The fourth-order valence-corrected chi connectivity index (χ4v) is 5.81. The summed E-state index contributed by atoms with van der Waals surface area (Å²) in [5.41, 5.74) is 4.37. The van der Waals surface area contributed by atoms with Crippen LogP contribution in [0.25, 0.3) is 16.7 Å². The van der Waals surface area contributed by atoms with Gasteiger partial charge in [0.25, 0.3) is 0 Å². The number of piperidine rings is 1. The molecule has 5 aromatic rings. The Kier molecular flexibility index (Phi) is 8.83. The fraction of sp³-hybridized carbons (Fsp3) is 0.324. The highest BCUT2D eigenvalue weighted by molar-refractivity contribution is 5.80. The molecule has 1 amide bonds. The van der Waals surface area contributed by atoms with Gasteiger partial charge < -0.3 is 19.1 Å². The van der Waals surface area contributed by atoms with Gasteiger partial charge in [-0.1, -0.05) is 66.7 Å². The van der Waals surface area contributed by atoms with Crippen molar-refractivity contribution < 1.29 is 19.0 Å². The lowest BCUT2D eigenvalue weighted by Crippen LogP contribution is -2.42. The molecule has 1 fully saturated rings. The first-order valence-electron chi connectivity index (χ1n) is 15.7. The van der Waals surface area contributed by atoms with E-state index < -0.39 is 5.60 Å². The molecule has 6 rings (SSSR count). The zero-order chi connectivity index (χ0) is 32.3. The molecule has 1 saturated heterocycles. The molecule has 238 valence electrons. The summed E-state index contributed by atoms with van der Waals surface area (Å²) in [7, 11) is 1.77. The van der Waals surface area contributed by atoms with E-state index in [0.29, 0.717) is 37.1 Å².